The van der Waals surface area contributed by atoms with Gasteiger partial charge in [-0.25, -0.2) is 0 Å². The molecule has 0 N–H and O–H groups in total. The Bertz CT molecular complexity index is 2690. The number of nitroso groups, excluding NO2 is 1. The first-order valence-electron chi connectivity index (χ1n) is 21.4. The fraction of sp³-hybridized carbons (Fsp3) is 0.264. The minimum absolute atomic E-state index is 0.0428. The van der Waals surface area contributed by atoms with Crippen molar-refractivity contribution in [2.75, 3.05) is 48.8 Å². The van der Waals surface area contributed by atoms with E-state index in [9.17, 15) is 9.59 Å². The number of carbonyl (C=O) groups excluding carboxylic acids is 2. The molecule has 356 valence electrons. The molecule has 0 spiro atoms. The summed E-state index contributed by atoms with van der Waals surface area (Å²) < 4.78 is 45.2. The Kier molecular flexibility index (Phi) is 21.3. The minimum atomic E-state index is -1.73. The Hall–Kier alpha value is -6.99. The van der Waals surface area contributed by atoms with E-state index in [0.717, 1.165) is 62.5 Å². The Morgan fingerprint density at radius 2 is 1.26 bits per heavy atom. The molecule has 0 saturated heterocycles. The van der Waals surface area contributed by atoms with Crippen molar-refractivity contribution in [2.45, 2.75) is 46.2 Å². The Morgan fingerprint density at radius 1 is 0.662 bits per heavy atom. The lowest BCUT2D eigenvalue weighted by atomic mass is 9.82. The van der Waals surface area contributed by atoms with Crippen molar-refractivity contribution in [1.29, 1.82) is 5.26 Å². The largest absolute Gasteiger partial charge is 0.496 e. The molecule has 7 rings (SSSR count). The summed E-state index contributed by atoms with van der Waals surface area (Å²) in [6, 6.07) is 35.7. The number of ether oxygens (including phenoxy) is 5. The van der Waals surface area contributed by atoms with Crippen LogP contribution >= 0.6 is 16.5 Å². The van der Waals surface area contributed by atoms with Gasteiger partial charge in [0.15, 0.2) is 28.8 Å². The van der Waals surface area contributed by atoms with Crippen molar-refractivity contribution in [3.63, 3.8) is 0 Å². The van der Waals surface area contributed by atoms with Crippen LogP contribution in [0.2, 0.25) is 0 Å². The molecular weight excluding hydrogens is 903 g/mol. The molecule has 1 aliphatic rings. The number of aldehydes is 1. The summed E-state index contributed by atoms with van der Waals surface area (Å²) in [6.45, 7) is 12.0. The van der Waals surface area contributed by atoms with Gasteiger partial charge in [-0.15, -0.1) is 5.26 Å². The third-order valence-electron chi connectivity index (χ3n) is 10.3. The molecule has 13 nitrogen and oxygen atoms in total. The van der Waals surface area contributed by atoms with Gasteiger partial charge in [-0.3, -0.25) is 9.59 Å². The van der Waals surface area contributed by atoms with Crippen LogP contribution in [0, 0.1) is 37.2 Å². The van der Waals surface area contributed by atoms with Crippen molar-refractivity contribution in [1.82, 2.24) is 0 Å². The van der Waals surface area contributed by atoms with Crippen molar-refractivity contribution in [3.8, 4) is 52.3 Å². The average molecular weight is 961 g/mol. The lowest BCUT2D eigenvalue weighted by Gasteiger charge is -2.29. The predicted octanol–water partition coefficient (Wildman–Crippen LogP) is 13.2. The number of hydrogen-bond donors (Lipinski definition) is 0. The van der Waals surface area contributed by atoms with E-state index in [0.29, 0.717) is 52.7 Å². The molecule has 0 amide bonds. The second-order valence-corrected chi connectivity index (χ2v) is 18.5. The number of ketones is 1. The first-order chi connectivity index (χ1) is 32.8. The summed E-state index contributed by atoms with van der Waals surface area (Å²) in [5, 5.41) is 10.5. The SMILES string of the molecule is CCC(c1ccc(C=O)cc1OC)P(Oc1ccc(C)cc1OC)Oc1cccc2c1C(=O)c1c(C)cccc1C2.CN=O.COc1cc(OC#N)ccc1C.COc1ccccc1OP(C)C. The van der Waals surface area contributed by atoms with Gasteiger partial charge >= 0.3 is 0 Å². The van der Waals surface area contributed by atoms with Crippen LogP contribution in [-0.4, -0.2) is 60.9 Å². The number of hydrogen-bond acceptors (Lipinski definition) is 13. The lowest BCUT2D eigenvalue weighted by molar-refractivity contribution is 0.103. The Balaban J connectivity index is 0.000000302. The van der Waals surface area contributed by atoms with Gasteiger partial charge in [0.25, 0.3) is 14.6 Å². The summed E-state index contributed by atoms with van der Waals surface area (Å²) in [5.74, 6) is 5.01. The zero-order chi connectivity index (χ0) is 49.8. The maximum absolute atomic E-state index is 13.9. The quantitative estimate of drug-likeness (QED) is 0.0414. The maximum Gasteiger partial charge on any atom is 0.298 e. The summed E-state index contributed by atoms with van der Waals surface area (Å²) in [4.78, 5) is 33.9. The third kappa shape index (κ3) is 14.3. The standard InChI is InChI=1S/C34H33O6P.C9H9NO2.C9H13O2P.CH3NO/c1-6-31(26-15-14-23(20-35)18-29(26)37-4)41(39-27-16-13-21(2)17-30(27)38-5)40-28-12-8-11-25-19-24-10-7-9-22(3)32(24)34(36)33(25)28;1-7-3-4-8(12-6-10)5-9(7)11-2;1-10-8-6-4-5-7-9(8)11-12(2)3;1-2-3/h7-18,20,31H,6,19H2,1-5H3;3-5H,1-2H3;4-7H,1-3H3;1H3. The number of benzene rings is 6. The topological polar surface area (TPSA) is 161 Å². The van der Waals surface area contributed by atoms with Gasteiger partial charge in [-0.05, 0) is 117 Å². The summed E-state index contributed by atoms with van der Waals surface area (Å²) >= 11 is 0. The second-order valence-electron chi connectivity index (χ2n) is 15.1. The number of nitrogens with zero attached hydrogens (tertiary/aromatic N) is 2. The molecule has 6 aromatic carbocycles. The van der Waals surface area contributed by atoms with E-state index >= 15 is 0 Å². The van der Waals surface area contributed by atoms with E-state index in [4.69, 9.17) is 42.7 Å². The highest BCUT2D eigenvalue weighted by atomic mass is 31.2. The molecule has 0 aromatic heterocycles. The van der Waals surface area contributed by atoms with E-state index in [2.05, 4.69) is 30.2 Å². The fourth-order valence-corrected chi connectivity index (χ4v) is 9.41. The van der Waals surface area contributed by atoms with Gasteiger partial charge in [0.05, 0.1) is 54.9 Å². The highest BCUT2D eigenvalue weighted by Gasteiger charge is 2.35. The van der Waals surface area contributed by atoms with Crippen LogP contribution in [0.1, 0.15) is 78.7 Å². The van der Waals surface area contributed by atoms with Crippen molar-refractivity contribution >= 4 is 28.6 Å². The smallest absolute Gasteiger partial charge is 0.298 e. The molecule has 15 heteroatoms. The summed E-state index contributed by atoms with van der Waals surface area (Å²) in [7, 11) is 5.50. The van der Waals surface area contributed by atoms with Crippen LogP contribution in [0.5, 0.6) is 46.0 Å². The van der Waals surface area contributed by atoms with Gasteiger partial charge in [-0.1, -0.05) is 78.8 Å². The van der Waals surface area contributed by atoms with Crippen LogP contribution < -0.4 is 37.3 Å². The molecule has 1 aliphatic carbocycles. The molecule has 2 unspecified atom stereocenters. The number of fused-ring (bicyclic) bond motifs is 2. The molecule has 0 saturated carbocycles. The number of rotatable bonds is 15. The van der Waals surface area contributed by atoms with Crippen LogP contribution in [0.3, 0.4) is 0 Å². The van der Waals surface area contributed by atoms with Crippen LogP contribution in [0.15, 0.2) is 120 Å². The third-order valence-corrected chi connectivity index (χ3v) is 12.8. The van der Waals surface area contributed by atoms with Gasteiger partial charge in [-0.2, -0.15) is 4.91 Å². The molecule has 0 radical (unpaired) electrons. The zero-order valence-electron chi connectivity index (χ0n) is 40.3. The van der Waals surface area contributed by atoms with E-state index in [-0.39, 0.29) is 19.6 Å². The lowest BCUT2D eigenvalue weighted by Crippen LogP contribution is -2.18. The van der Waals surface area contributed by atoms with Crippen molar-refractivity contribution in [3.05, 3.63) is 170 Å². The Morgan fingerprint density at radius 3 is 1.88 bits per heavy atom. The first kappa shape index (κ1) is 53.6. The normalized spacial score (nSPS) is 11.6. The molecule has 0 bridgehead atoms. The van der Waals surface area contributed by atoms with Gasteiger partial charge in [0, 0.05) is 22.8 Å². The molecule has 6 aromatic rings. The minimum Gasteiger partial charge on any atom is -0.496 e. The van der Waals surface area contributed by atoms with E-state index in [1.165, 1.54) is 7.05 Å². The first-order valence-corrected chi connectivity index (χ1v) is 24.8. The summed E-state index contributed by atoms with van der Waals surface area (Å²) in [6.07, 6.45) is 3.70. The fourth-order valence-electron chi connectivity index (χ4n) is 7.14. The number of para-hydroxylation sites is 2. The maximum atomic E-state index is 13.9. The zero-order valence-corrected chi connectivity index (χ0v) is 42.1. The van der Waals surface area contributed by atoms with E-state index < -0.39 is 8.38 Å². The van der Waals surface area contributed by atoms with Gasteiger partial charge in [0.2, 0.25) is 0 Å². The van der Waals surface area contributed by atoms with E-state index in [1.807, 2.05) is 112 Å². The summed E-state index contributed by atoms with van der Waals surface area (Å²) in [5.41, 5.74) is 7.37. The van der Waals surface area contributed by atoms with Crippen LogP contribution in [0.4, 0.5) is 0 Å². The van der Waals surface area contributed by atoms with Gasteiger partial charge < -0.3 is 37.3 Å². The second kappa shape index (κ2) is 27.0. The monoisotopic (exact) mass is 960 g/mol. The molecule has 0 heterocycles. The van der Waals surface area contributed by atoms with Crippen molar-refractivity contribution in [2.24, 2.45) is 5.18 Å². The number of carbonyl (C=O) groups is 2. The molecule has 2 atom stereocenters. The predicted molar refractivity (Wildman–Crippen MR) is 269 cm³/mol. The highest BCUT2D eigenvalue weighted by Crippen LogP contribution is 2.58. The van der Waals surface area contributed by atoms with Crippen LogP contribution in [-0.2, 0) is 6.42 Å². The van der Waals surface area contributed by atoms with Gasteiger partial charge in [0.1, 0.15) is 29.3 Å². The average Bonchev–Trinajstić information content (AvgIpc) is 3.33. The van der Waals surface area contributed by atoms with Crippen molar-refractivity contribution < 1.29 is 46.8 Å². The van der Waals surface area contributed by atoms with E-state index in [1.54, 1.807) is 59.0 Å². The molecule has 0 fully saturated rings. The number of nitriles is 1. The van der Waals surface area contributed by atoms with Crippen LogP contribution in [0.25, 0.3) is 0 Å². The number of aryl methyl sites for hydroxylation is 3. The molecule has 0 aliphatic heterocycles. The number of methoxy groups -OCH3 is 4. The molecule has 68 heavy (non-hydrogen) atoms. The Labute approximate surface area is 402 Å². The highest BCUT2D eigenvalue weighted by molar-refractivity contribution is 7.51. The molecular formula is C53H58N2O11P2.